The van der Waals surface area contributed by atoms with E-state index in [-0.39, 0.29) is 0 Å². The SMILES string of the molecule is CCCC(N)=NCCCc1ncc[nH]1. The van der Waals surface area contributed by atoms with Crippen LogP contribution < -0.4 is 5.73 Å². The van der Waals surface area contributed by atoms with Gasteiger partial charge in [0.25, 0.3) is 0 Å². The van der Waals surface area contributed by atoms with Crippen LogP contribution in [0.5, 0.6) is 0 Å². The van der Waals surface area contributed by atoms with Crippen molar-refractivity contribution in [2.24, 2.45) is 10.7 Å². The summed E-state index contributed by atoms with van der Waals surface area (Å²) in [5.74, 6) is 1.79. The van der Waals surface area contributed by atoms with E-state index in [1.54, 1.807) is 6.20 Å². The van der Waals surface area contributed by atoms with Gasteiger partial charge in [-0.2, -0.15) is 0 Å². The minimum atomic E-state index is 0.770. The Balaban J connectivity index is 2.13. The Labute approximate surface area is 84.7 Å². The summed E-state index contributed by atoms with van der Waals surface area (Å²) in [4.78, 5) is 11.5. The average Bonchev–Trinajstić information content (AvgIpc) is 2.65. The predicted octanol–water partition coefficient (Wildman–Crippen LogP) is 1.50. The number of aryl methyl sites for hydroxylation is 1. The molecule has 0 spiro atoms. The maximum absolute atomic E-state index is 5.67. The van der Waals surface area contributed by atoms with Gasteiger partial charge in [0.15, 0.2) is 0 Å². The number of rotatable bonds is 6. The first-order valence-electron chi connectivity index (χ1n) is 5.10. The number of nitrogens with two attached hydrogens (primary N) is 1. The van der Waals surface area contributed by atoms with Gasteiger partial charge in [0.2, 0.25) is 0 Å². The molecule has 0 aliphatic heterocycles. The van der Waals surface area contributed by atoms with Crippen LogP contribution in [0.3, 0.4) is 0 Å². The lowest BCUT2D eigenvalue weighted by Crippen LogP contribution is -2.11. The van der Waals surface area contributed by atoms with Crippen molar-refractivity contribution in [1.29, 1.82) is 0 Å². The highest BCUT2D eigenvalue weighted by molar-refractivity contribution is 5.80. The number of hydrogen-bond donors (Lipinski definition) is 2. The van der Waals surface area contributed by atoms with E-state index >= 15 is 0 Å². The number of nitrogens with zero attached hydrogens (tertiary/aromatic N) is 2. The summed E-state index contributed by atoms with van der Waals surface area (Å²) in [6, 6.07) is 0. The summed E-state index contributed by atoms with van der Waals surface area (Å²) in [6.07, 6.45) is 7.51. The van der Waals surface area contributed by atoms with E-state index in [1.807, 2.05) is 6.20 Å². The van der Waals surface area contributed by atoms with E-state index in [0.29, 0.717) is 0 Å². The van der Waals surface area contributed by atoms with Gasteiger partial charge in [-0.1, -0.05) is 6.92 Å². The third-order valence-corrected chi connectivity index (χ3v) is 1.95. The quantitative estimate of drug-likeness (QED) is 0.409. The zero-order chi connectivity index (χ0) is 10.2. The third kappa shape index (κ3) is 4.07. The number of aromatic amines is 1. The molecular formula is C10H18N4. The molecule has 0 bridgehead atoms. The van der Waals surface area contributed by atoms with Crippen molar-refractivity contribution in [2.75, 3.05) is 6.54 Å². The molecule has 0 atom stereocenters. The molecule has 4 heteroatoms. The zero-order valence-electron chi connectivity index (χ0n) is 8.66. The Morgan fingerprint density at radius 1 is 1.64 bits per heavy atom. The highest BCUT2D eigenvalue weighted by atomic mass is 14.9. The molecule has 1 heterocycles. The second-order valence-corrected chi connectivity index (χ2v) is 3.26. The van der Waals surface area contributed by atoms with Gasteiger partial charge in [-0.05, 0) is 12.8 Å². The molecular weight excluding hydrogens is 176 g/mol. The lowest BCUT2D eigenvalue weighted by atomic mass is 10.3. The summed E-state index contributed by atoms with van der Waals surface area (Å²) < 4.78 is 0. The molecule has 1 aromatic heterocycles. The molecule has 1 aromatic rings. The van der Waals surface area contributed by atoms with Gasteiger partial charge in [-0.15, -0.1) is 0 Å². The van der Waals surface area contributed by atoms with Crippen molar-refractivity contribution in [3.05, 3.63) is 18.2 Å². The van der Waals surface area contributed by atoms with Crippen LogP contribution in [0.2, 0.25) is 0 Å². The van der Waals surface area contributed by atoms with E-state index in [9.17, 15) is 0 Å². The number of H-pyrrole nitrogens is 1. The van der Waals surface area contributed by atoms with Gasteiger partial charge in [-0.3, -0.25) is 4.99 Å². The van der Waals surface area contributed by atoms with Gasteiger partial charge < -0.3 is 10.7 Å². The Morgan fingerprint density at radius 2 is 2.50 bits per heavy atom. The Hall–Kier alpha value is -1.32. The monoisotopic (exact) mass is 194 g/mol. The van der Waals surface area contributed by atoms with Gasteiger partial charge in [-0.25, -0.2) is 4.98 Å². The van der Waals surface area contributed by atoms with Crippen LogP contribution in [0.1, 0.15) is 32.0 Å². The molecule has 3 N–H and O–H groups in total. The molecule has 1 rings (SSSR count). The Bertz CT molecular complexity index is 264. The lowest BCUT2D eigenvalue weighted by molar-refractivity contribution is 0.789. The number of hydrogen-bond acceptors (Lipinski definition) is 2. The van der Waals surface area contributed by atoms with Gasteiger partial charge in [0.05, 0.1) is 5.84 Å². The first kappa shape index (κ1) is 10.8. The molecule has 0 amide bonds. The van der Waals surface area contributed by atoms with Gasteiger partial charge in [0.1, 0.15) is 5.82 Å². The summed E-state index contributed by atoms with van der Waals surface area (Å²) >= 11 is 0. The first-order chi connectivity index (χ1) is 6.83. The maximum atomic E-state index is 5.67. The van der Waals surface area contributed by atoms with Crippen molar-refractivity contribution >= 4 is 5.84 Å². The summed E-state index contributed by atoms with van der Waals surface area (Å²) in [7, 11) is 0. The van der Waals surface area contributed by atoms with Crippen LogP contribution in [0, 0.1) is 0 Å². The highest BCUT2D eigenvalue weighted by Crippen LogP contribution is 1.95. The van der Waals surface area contributed by atoms with Crippen LogP contribution in [0.15, 0.2) is 17.4 Å². The Morgan fingerprint density at radius 3 is 3.14 bits per heavy atom. The predicted molar refractivity (Wildman–Crippen MR) is 58.3 cm³/mol. The number of aromatic nitrogens is 2. The normalized spacial score (nSPS) is 11.9. The minimum Gasteiger partial charge on any atom is -0.387 e. The second kappa shape index (κ2) is 6.18. The molecule has 0 saturated heterocycles. The minimum absolute atomic E-state index is 0.770. The van der Waals surface area contributed by atoms with E-state index in [1.165, 1.54) is 0 Å². The van der Waals surface area contributed by atoms with Crippen LogP contribution in [0.25, 0.3) is 0 Å². The molecule has 0 aromatic carbocycles. The standard InChI is InChI=1S/C10H18N4/c1-2-4-9(11)12-6-3-5-10-13-7-8-14-10/h7-8H,2-6H2,1H3,(H2,11,12)(H,13,14). The molecule has 78 valence electrons. The molecule has 0 fully saturated rings. The fourth-order valence-electron chi connectivity index (χ4n) is 1.24. The Kier molecular flexibility index (Phi) is 4.75. The zero-order valence-corrected chi connectivity index (χ0v) is 8.66. The van der Waals surface area contributed by atoms with Crippen molar-refractivity contribution in [1.82, 2.24) is 9.97 Å². The van der Waals surface area contributed by atoms with E-state index in [4.69, 9.17) is 5.73 Å². The lowest BCUT2D eigenvalue weighted by Gasteiger charge is -1.97. The topological polar surface area (TPSA) is 67.1 Å². The number of imidazole rings is 1. The van der Waals surface area contributed by atoms with Crippen LogP contribution in [0.4, 0.5) is 0 Å². The molecule has 14 heavy (non-hydrogen) atoms. The summed E-state index contributed by atoms with van der Waals surface area (Å²) in [5, 5.41) is 0. The molecule has 0 aliphatic carbocycles. The second-order valence-electron chi connectivity index (χ2n) is 3.26. The summed E-state index contributed by atoms with van der Waals surface area (Å²) in [6.45, 7) is 2.90. The van der Waals surface area contributed by atoms with Crippen LogP contribution in [-0.4, -0.2) is 22.3 Å². The summed E-state index contributed by atoms with van der Waals surface area (Å²) in [5.41, 5.74) is 5.67. The van der Waals surface area contributed by atoms with E-state index < -0.39 is 0 Å². The van der Waals surface area contributed by atoms with Crippen LogP contribution in [-0.2, 0) is 6.42 Å². The molecule has 0 aliphatic rings. The molecule has 0 unspecified atom stereocenters. The maximum Gasteiger partial charge on any atom is 0.106 e. The molecule has 0 saturated carbocycles. The number of nitrogens with one attached hydrogen (secondary N) is 1. The first-order valence-corrected chi connectivity index (χ1v) is 5.10. The third-order valence-electron chi connectivity index (χ3n) is 1.95. The van der Waals surface area contributed by atoms with E-state index in [0.717, 1.165) is 43.9 Å². The molecule has 0 radical (unpaired) electrons. The highest BCUT2D eigenvalue weighted by Gasteiger charge is 1.94. The van der Waals surface area contributed by atoms with Crippen molar-refractivity contribution in [3.63, 3.8) is 0 Å². The van der Waals surface area contributed by atoms with Crippen LogP contribution >= 0.6 is 0 Å². The fourth-order valence-corrected chi connectivity index (χ4v) is 1.24. The van der Waals surface area contributed by atoms with Crippen molar-refractivity contribution in [3.8, 4) is 0 Å². The number of aliphatic imine (C=N–C) groups is 1. The average molecular weight is 194 g/mol. The number of amidine groups is 1. The largest absolute Gasteiger partial charge is 0.387 e. The molecule has 4 nitrogen and oxygen atoms in total. The van der Waals surface area contributed by atoms with Crippen molar-refractivity contribution < 1.29 is 0 Å². The van der Waals surface area contributed by atoms with Crippen molar-refractivity contribution in [2.45, 2.75) is 32.6 Å². The van der Waals surface area contributed by atoms with Gasteiger partial charge >= 0.3 is 0 Å². The van der Waals surface area contributed by atoms with Gasteiger partial charge in [0, 0.05) is 31.8 Å². The fraction of sp³-hybridized carbons (Fsp3) is 0.600. The smallest absolute Gasteiger partial charge is 0.106 e. The van der Waals surface area contributed by atoms with E-state index in [2.05, 4.69) is 21.9 Å².